The smallest absolute Gasteiger partial charge is 0.475 e. The maximum absolute atomic E-state index is 10.6. The van der Waals surface area contributed by atoms with E-state index in [0.717, 1.165) is 25.7 Å². The van der Waals surface area contributed by atoms with Crippen molar-refractivity contribution in [1.82, 2.24) is 9.97 Å². The molecule has 0 spiro atoms. The first-order valence-electron chi connectivity index (χ1n) is 7.96. The summed E-state index contributed by atoms with van der Waals surface area (Å²) in [6.45, 7) is 0. The van der Waals surface area contributed by atoms with E-state index >= 15 is 0 Å². The molecule has 0 fully saturated rings. The van der Waals surface area contributed by atoms with Gasteiger partial charge >= 0.3 is 12.1 Å². The molecule has 4 aromatic rings. The number of carboxylic acids is 1. The average Bonchev–Trinajstić information content (AvgIpc) is 3.30. The third-order valence-corrected chi connectivity index (χ3v) is 5.78. The van der Waals surface area contributed by atoms with E-state index in [1.807, 2.05) is 23.7 Å². The number of benzene rings is 1. The zero-order valence-electron chi connectivity index (χ0n) is 14.7. The van der Waals surface area contributed by atoms with Gasteiger partial charge in [0.25, 0.3) is 0 Å². The van der Waals surface area contributed by atoms with Crippen LogP contribution in [0.15, 0.2) is 48.1 Å². The van der Waals surface area contributed by atoms with Crippen molar-refractivity contribution in [2.45, 2.75) is 6.18 Å². The van der Waals surface area contributed by atoms with Gasteiger partial charge < -0.3 is 15.6 Å². The Balaban J connectivity index is 0.000000318. The molecule has 30 heavy (non-hydrogen) atoms. The topological polar surface area (TPSA) is 98.3 Å². The number of aliphatic carboxylic acids is 1. The highest BCUT2D eigenvalue weighted by atomic mass is 35.5. The first-order valence-corrected chi connectivity index (χ1v) is 10.0. The Labute approximate surface area is 180 Å². The van der Waals surface area contributed by atoms with Crippen molar-refractivity contribution in [3.63, 3.8) is 0 Å². The van der Waals surface area contributed by atoms with Crippen molar-refractivity contribution < 1.29 is 27.8 Å². The number of hydrogen-bond acceptors (Lipinski definition) is 7. The molecule has 3 aromatic heterocycles. The summed E-state index contributed by atoms with van der Waals surface area (Å²) in [6, 6.07) is 9.31. The number of nitrogen functional groups attached to an aromatic ring is 1. The molecule has 0 atom stereocenters. The SMILES string of the molecule is Nc1csc(-c2cc3c(Oc4ccc(Cl)cc4)cncc3s2)n1.O=C(O)C(F)(F)F. The fourth-order valence-electron chi connectivity index (χ4n) is 2.15. The molecule has 3 heterocycles. The Morgan fingerprint density at radius 3 is 2.43 bits per heavy atom. The van der Waals surface area contributed by atoms with Gasteiger partial charge in [0.05, 0.1) is 15.8 Å². The van der Waals surface area contributed by atoms with E-state index in [-0.39, 0.29) is 0 Å². The Morgan fingerprint density at radius 1 is 1.20 bits per heavy atom. The molecule has 0 saturated carbocycles. The second-order valence-electron chi connectivity index (χ2n) is 5.60. The van der Waals surface area contributed by atoms with Crippen LogP contribution in [0, 0.1) is 0 Å². The molecule has 0 radical (unpaired) electrons. The summed E-state index contributed by atoms with van der Waals surface area (Å²) in [6.07, 6.45) is -1.54. The lowest BCUT2D eigenvalue weighted by Crippen LogP contribution is -2.21. The molecule has 0 unspecified atom stereocenters. The summed E-state index contributed by atoms with van der Waals surface area (Å²) in [5.41, 5.74) is 5.71. The number of halogens is 4. The van der Waals surface area contributed by atoms with Gasteiger partial charge in [-0.15, -0.1) is 22.7 Å². The van der Waals surface area contributed by atoms with Crippen LogP contribution in [0.2, 0.25) is 5.02 Å². The van der Waals surface area contributed by atoms with Crippen LogP contribution in [-0.2, 0) is 4.79 Å². The number of anilines is 1. The number of carboxylic acid groups (broad SMARTS) is 1. The Morgan fingerprint density at radius 2 is 1.87 bits per heavy atom. The molecule has 6 nitrogen and oxygen atoms in total. The summed E-state index contributed by atoms with van der Waals surface area (Å²) in [5.74, 6) is -0.794. The summed E-state index contributed by atoms with van der Waals surface area (Å²) < 4.78 is 38.7. The van der Waals surface area contributed by atoms with Crippen LogP contribution in [0.25, 0.3) is 20.0 Å². The van der Waals surface area contributed by atoms with Crippen molar-refractivity contribution in [2.75, 3.05) is 5.73 Å². The molecule has 1 aromatic carbocycles. The maximum atomic E-state index is 10.6. The molecule has 156 valence electrons. The fraction of sp³-hybridized carbons (Fsp3) is 0.0556. The molecule has 3 N–H and O–H groups in total. The third-order valence-electron chi connectivity index (χ3n) is 3.43. The molecule has 0 bridgehead atoms. The summed E-state index contributed by atoms with van der Waals surface area (Å²) in [4.78, 5) is 18.5. The lowest BCUT2D eigenvalue weighted by atomic mass is 10.3. The van der Waals surface area contributed by atoms with E-state index < -0.39 is 12.1 Å². The van der Waals surface area contributed by atoms with Crippen molar-refractivity contribution in [3.8, 4) is 21.4 Å². The van der Waals surface area contributed by atoms with Gasteiger partial charge in [0.2, 0.25) is 0 Å². The Hall–Kier alpha value is -2.89. The maximum Gasteiger partial charge on any atom is 0.490 e. The van der Waals surface area contributed by atoms with Crippen molar-refractivity contribution in [1.29, 1.82) is 0 Å². The predicted octanol–water partition coefficient (Wildman–Crippen LogP) is 6.08. The highest BCUT2D eigenvalue weighted by Crippen LogP contribution is 2.39. The number of fused-ring (bicyclic) bond motifs is 1. The van der Waals surface area contributed by atoms with Gasteiger partial charge in [0.1, 0.15) is 16.6 Å². The Kier molecular flexibility index (Phi) is 6.44. The Bertz CT molecular complexity index is 1180. The number of alkyl halides is 3. The number of hydrogen-bond donors (Lipinski definition) is 2. The van der Waals surface area contributed by atoms with Gasteiger partial charge in [0, 0.05) is 22.0 Å². The van der Waals surface area contributed by atoms with Crippen LogP contribution < -0.4 is 10.5 Å². The van der Waals surface area contributed by atoms with E-state index in [1.54, 1.807) is 29.7 Å². The molecule has 4 rings (SSSR count). The third kappa shape index (κ3) is 5.38. The van der Waals surface area contributed by atoms with Crippen LogP contribution in [0.3, 0.4) is 0 Å². The second kappa shape index (κ2) is 8.86. The number of rotatable bonds is 3. The zero-order valence-corrected chi connectivity index (χ0v) is 17.1. The monoisotopic (exact) mass is 473 g/mol. The van der Waals surface area contributed by atoms with Gasteiger partial charge in [-0.1, -0.05) is 11.6 Å². The molecular weight excluding hydrogens is 463 g/mol. The van der Waals surface area contributed by atoms with Crippen LogP contribution in [-0.4, -0.2) is 27.2 Å². The molecule has 0 aliphatic rings. The number of carbonyl (C=O) groups is 1. The van der Waals surface area contributed by atoms with Crippen LogP contribution in [0.4, 0.5) is 19.0 Å². The molecule has 0 aliphatic heterocycles. The number of thiazole rings is 1. The number of thiophene rings is 1. The van der Waals surface area contributed by atoms with Gasteiger partial charge in [0.15, 0.2) is 5.75 Å². The summed E-state index contributed by atoms with van der Waals surface area (Å²) in [7, 11) is 0. The van der Waals surface area contributed by atoms with Crippen molar-refractivity contribution >= 4 is 56.1 Å². The lowest BCUT2D eigenvalue weighted by molar-refractivity contribution is -0.192. The van der Waals surface area contributed by atoms with Crippen LogP contribution in [0.1, 0.15) is 0 Å². The molecule has 0 amide bonds. The normalized spacial score (nSPS) is 11.1. The second-order valence-corrected chi connectivity index (χ2v) is 7.97. The van der Waals surface area contributed by atoms with Crippen molar-refractivity contribution in [3.05, 3.63) is 53.1 Å². The standard InChI is InChI=1S/C16H10ClN3OS2.C2HF3O2/c17-9-1-3-10(4-2-9)21-12-6-19-7-14-11(12)5-13(23-14)16-20-15(18)8-22-16;3-2(4,5)1(6)7/h1-8H,18H2;(H,6,7). The lowest BCUT2D eigenvalue weighted by Gasteiger charge is -2.06. The largest absolute Gasteiger partial charge is 0.490 e. The molecule has 0 saturated heterocycles. The van der Waals surface area contributed by atoms with Crippen LogP contribution in [0.5, 0.6) is 11.5 Å². The molecule has 0 aliphatic carbocycles. The quantitative estimate of drug-likeness (QED) is 0.374. The average molecular weight is 474 g/mol. The number of pyridine rings is 1. The predicted molar refractivity (Wildman–Crippen MR) is 110 cm³/mol. The first-order chi connectivity index (χ1) is 14.1. The van der Waals surface area contributed by atoms with Gasteiger partial charge in [-0.25, -0.2) is 9.78 Å². The van der Waals surface area contributed by atoms with Gasteiger partial charge in [-0.2, -0.15) is 13.2 Å². The highest BCUT2D eigenvalue weighted by molar-refractivity contribution is 7.25. The van der Waals surface area contributed by atoms with Gasteiger partial charge in [-0.05, 0) is 30.3 Å². The minimum atomic E-state index is -5.08. The minimum Gasteiger partial charge on any atom is -0.475 e. The summed E-state index contributed by atoms with van der Waals surface area (Å²) >= 11 is 9.05. The minimum absolute atomic E-state index is 0.540. The van der Waals surface area contributed by atoms with Crippen LogP contribution >= 0.6 is 34.3 Å². The first kappa shape index (κ1) is 21.8. The summed E-state index contributed by atoms with van der Waals surface area (Å²) in [5, 5.41) is 11.5. The number of ether oxygens (including phenoxy) is 1. The van der Waals surface area contributed by atoms with Gasteiger partial charge in [-0.3, -0.25) is 4.98 Å². The number of nitrogens with zero attached hydrogens (tertiary/aromatic N) is 2. The van der Waals surface area contributed by atoms with E-state index in [1.165, 1.54) is 11.3 Å². The van der Waals surface area contributed by atoms with Crippen molar-refractivity contribution in [2.24, 2.45) is 0 Å². The van der Waals surface area contributed by atoms with E-state index in [4.69, 9.17) is 32.0 Å². The molecular formula is C18H11ClF3N3O3S2. The number of nitrogens with two attached hydrogens (primary N) is 1. The van der Waals surface area contributed by atoms with E-state index in [9.17, 15) is 13.2 Å². The fourth-order valence-corrected chi connectivity index (χ4v) is 4.09. The highest BCUT2D eigenvalue weighted by Gasteiger charge is 2.38. The molecule has 12 heteroatoms. The zero-order chi connectivity index (χ0) is 21.9. The number of aromatic nitrogens is 2. The van der Waals surface area contributed by atoms with E-state index in [0.29, 0.717) is 16.6 Å². The van der Waals surface area contributed by atoms with E-state index in [2.05, 4.69) is 16.0 Å².